The Morgan fingerprint density at radius 1 is 1.03 bits per heavy atom. The lowest BCUT2D eigenvalue weighted by molar-refractivity contribution is -0.384. The molecule has 142 valence electrons. The van der Waals surface area contributed by atoms with Gasteiger partial charge in [0.1, 0.15) is 5.01 Å². The van der Waals surface area contributed by atoms with Gasteiger partial charge in [0.15, 0.2) is 0 Å². The van der Waals surface area contributed by atoms with Gasteiger partial charge in [-0.15, -0.1) is 11.3 Å². The highest BCUT2D eigenvalue weighted by atomic mass is 32.1. The predicted octanol–water partition coefficient (Wildman–Crippen LogP) is 5.52. The van der Waals surface area contributed by atoms with Gasteiger partial charge in [0.05, 0.1) is 15.1 Å². The summed E-state index contributed by atoms with van der Waals surface area (Å²) >= 11 is 1.60. The van der Waals surface area contributed by atoms with Gasteiger partial charge in [-0.25, -0.2) is 4.98 Å². The lowest BCUT2D eigenvalue weighted by atomic mass is 10.2. The quantitative estimate of drug-likeness (QED) is 0.271. The second-order valence-electron chi connectivity index (χ2n) is 6.24. The SMILES string of the molecule is O=C(/C=C\c1ccc([N+](=O)[O-])cc1)Nc1cccc(-c2nc3ccccc3s2)c1. The van der Waals surface area contributed by atoms with Gasteiger partial charge >= 0.3 is 0 Å². The summed E-state index contributed by atoms with van der Waals surface area (Å²) in [4.78, 5) is 27.1. The van der Waals surface area contributed by atoms with Gasteiger partial charge in [0, 0.05) is 29.5 Å². The van der Waals surface area contributed by atoms with Crippen LogP contribution in [-0.2, 0) is 4.79 Å². The maximum Gasteiger partial charge on any atom is 0.269 e. The van der Waals surface area contributed by atoms with Crippen molar-refractivity contribution in [2.24, 2.45) is 0 Å². The Morgan fingerprint density at radius 2 is 1.83 bits per heavy atom. The van der Waals surface area contributed by atoms with Crippen molar-refractivity contribution in [1.82, 2.24) is 4.98 Å². The number of nitro benzene ring substituents is 1. The van der Waals surface area contributed by atoms with Crippen LogP contribution in [0.5, 0.6) is 0 Å². The van der Waals surface area contributed by atoms with Crippen molar-refractivity contribution in [1.29, 1.82) is 0 Å². The standard InChI is InChI=1S/C22H15N3O3S/c26-21(13-10-15-8-11-18(12-9-15)25(27)28)23-17-5-3-4-16(14-17)22-24-19-6-1-2-7-20(19)29-22/h1-14H,(H,23,26)/b13-10-. The molecule has 29 heavy (non-hydrogen) atoms. The summed E-state index contributed by atoms with van der Waals surface area (Å²) in [6.45, 7) is 0. The number of nitrogens with one attached hydrogen (secondary N) is 1. The third-order valence-corrected chi connectivity index (χ3v) is 5.29. The van der Waals surface area contributed by atoms with E-state index < -0.39 is 4.92 Å². The molecule has 1 heterocycles. The maximum atomic E-state index is 12.2. The number of carbonyl (C=O) groups excluding carboxylic acids is 1. The van der Waals surface area contributed by atoms with E-state index in [2.05, 4.69) is 10.3 Å². The average Bonchev–Trinajstić information content (AvgIpc) is 3.17. The number of carbonyl (C=O) groups is 1. The minimum atomic E-state index is -0.460. The second-order valence-corrected chi connectivity index (χ2v) is 7.27. The average molecular weight is 401 g/mol. The molecule has 1 N–H and O–H groups in total. The van der Waals surface area contributed by atoms with Gasteiger partial charge in [-0.3, -0.25) is 14.9 Å². The van der Waals surface area contributed by atoms with E-state index in [4.69, 9.17) is 0 Å². The highest BCUT2D eigenvalue weighted by Gasteiger charge is 2.07. The summed E-state index contributed by atoms with van der Waals surface area (Å²) in [5, 5.41) is 14.4. The summed E-state index contributed by atoms with van der Waals surface area (Å²) in [5.74, 6) is -0.287. The monoisotopic (exact) mass is 401 g/mol. The van der Waals surface area contributed by atoms with Gasteiger partial charge < -0.3 is 5.32 Å². The van der Waals surface area contributed by atoms with Crippen LogP contribution in [0.1, 0.15) is 5.56 Å². The van der Waals surface area contributed by atoms with Crippen LogP contribution in [-0.4, -0.2) is 15.8 Å². The van der Waals surface area contributed by atoms with E-state index in [1.54, 1.807) is 29.5 Å². The van der Waals surface area contributed by atoms with Crippen molar-refractivity contribution >= 4 is 44.9 Å². The van der Waals surface area contributed by atoms with Gasteiger partial charge in [-0.2, -0.15) is 0 Å². The smallest absolute Gasteiger partial charge is 0.269 e. The first-order valence-corrected chi connectivity index (χ1v) is 9.60. The Morgan fingerprint density at radius 3 is 2.59 bits per heavy atom. The first-order valence-electron chi connectivity index (χ1n) is 8.78. The van der Waals surface area contributed by atoms with Crippen LogP contribution in [0.3, 0.4) is 0 Å². The summed E-state index contributed by atoms with van der Waals surface area (Å²) in [7, 11) is 0. The number of benzene rings is 3. The molecular formula is C22H15N3O3S. The third-order valence-electron chi connectivity index (χ3n) is 4.20. The first-order chi connectivity index (χ1) is 14.1. The summed E-state index contributed by atoms with van der Waals surface area (Å²) in [5.41, 5.74) is 3.27. The molecule has 0 radical (unpaired) electrons. The predicted molar refractivity (Wildman–Crippen MR) is 116 cm³/mol. The topological polar surface area (TPSA) is 85.1 Å². The molecule has 0 aliphatic heterocycles. The fraction of sp³-hybridized carbons (Fsp3) is 0. The van der Waals surface area contributed by atoms with Crippen LogP contribution >= 0.6 is 11.3 Å². The highest BCUT2D eigenvalue weighted by Crippen LogP contribution is 2.31. The summed E-state index contributed by atoms with van der Waals surface area (Å²) in [6, 6.07) is 21.5. The van der Waals surface area contributed by atoms with Crippen LogP contribution in [0.25, 0.3) is 26.9 Å². The normalized spacial score (nSPS) is 11.0. The van der Waals surface area contributed by atoms with Crippen molar-refractivity contribution in [3.8, 4) is 10.6 Å². The van der Waals surface area contributed by atoms with E-state index in [0.717, 1.165) is 20.8 Å². The zero-order valence-corrected chi connectivity index (χ0v) is 15.9. The molecule has 0 aliphatic rings. The van der Waals surface area contributed by atoms with Crippen LogP contribution in [0, 0.1) is 10.1 Å². The molecule has 0 saturated heterocycles. The summed E-state index contributed by atoms with van der Waals surface area (Å²) < 4.78 is 1.11. The number of hydrogen-bond acceptors (Lipinski definition) is 5. The number of non-ortho nitro benzene ring substituents is 1. The largest absolute Gasteiger partial charge is 0.322 e. The number of amides is 1. The lowest BCUT2D eigenvalue weighted by Crippen LogP contribution is -2.07. The minimum Gasteiger partial charge on any atom is -0.322 e. The van der Waals surface area contributed by atoms with E-state index in [9.17, 15) is 14.9 Å². The van der Waals surface area contributed by atoms with Gasteiger partial charge in [0.2, 0.25) is 5.91 Å². The summed E-state index contributed by atoms with van der Waals surface area (Å²) in [6.07, 6.45) is 3.00. The van der Waals surface area contributed by atoms with Crippen LogP contribution < -0.4 is 5.32 Å². The lowest BCUT2D eigenvalue weighted by Gasteiger charge is -2.04. The molecule has 4 aromatic rings. The first kappa shape index (κ1) is 18.5. The Bertz CT molecular complexity index is 1200. The molecule has 0 fully saturated rings. The number of fused-ring (bicyclic) bond motifs is 1. The second kappa shape index (κ2) is 8.04. The molecule has 7 heteroatoms. The van der Waals surface area contributed by atoms with E-state index in [1.165, 1.54) is 18.2 Å². The highest BCUT2D eigenvalue weighted by molar-refractivity contribution is 7.21. The molecule has 3 aromatic carbocycles. The minimum absolute atomic E-state index is 0.0123. The number of nitro groups is 1. The fourth-order valence-corrected chi connectivity index (χ4v) is 3.75. The van der Waals surface area contributed by atoms with Crippen LogP contribution in [0.2, 0.25) is 0 Å². The van der Waals surface area contributed by atoms with Gasteiger partial charge in [-0.1, -0.05) is 24.3 Å². The Labute approximate surface area is 170 Å². The Kier molecular flexibility index (Phi) is 5.13. The zero-order chi connectivity index (χ0) is 20.2. The molecule has 0 aliphatic carbocycles. The fourth-order valence-electron chi connectivity index (χ4n) is 2.79. The van der Waals surface area contributed by atoms with E-state index in [1.807, 2.05) is 48.5 Å². The molecule has 4 rings (SSSR count). The molecule has 1 aromatic heterocycles. The van der Waals surface area contributed by atoms with Crippen molar-refractivity contribution in [2.75, 3.05) is 5.32 Å². The maximum absolute atomic E-state index is 12.2. The Hall–Kier alpha value is -3.84. The number of nitrogens with zero attached hydrogens (tertiary/aromatic N) is 2. The molecule has 0 unspecified atom stereocenters. The molecule has 0 spiro atoms. The van der Waals surface area contributed by atoms with E-state index >= 15 is 0 Å². The number of thiazole rings is 1. The molecule has 0 atom stereocenters. The van der Waals surface area contributed by atoms with Crippen molar-refractivity contribution in [3.05, 3.63) is 94.6 Å². The van der Waals surface area contributed by atoms with Crippen LogP contribution in [0.4, 0.5) is 11.4 Å². The van der Waals surface area contributed by atoms with Gasteiger partial charge in [0.25, 0.3) is 5.69 Å². The molecule has 0 bridgehead atoms. The zero-order valence-electron chi connectivity index (χ0n) is 15.1. The van der Waals surface area contributed by atoms with E-state index in [-0.39, 0.29) is 11.6 Å². The van der Waals surface area contributed by atoms with Gasteiger partial charge in [-0.05, 0) is 48.0 Å². The van der Waals surface area contributed by atoms with Crippen molar-refractivity contribution in [2.45, 2.75) is 0 Å². The number of anilines is 1. The van der Waals surface area contributed by atoms with Crippen molar-refractivity contribution < 1.29 is 9.72 Å². The Balaban J connectivity index is 1.47. The molecule has 0 saturated carbocycles. The number of rotatable bonds is 5. The van der Waals surface area contributed by atoms with Crippen molar-refractivity contribution in [3.63, 3.8) is 0 Å². The van der Waals surface area contributed by atoms with Crippen LogP contribution in [0.15, 0.2) is 78.9 Å². The number of aromatic nitrogens is 1. The molecule has 6 nitrogen and oxygen atoms in total. The van der Waals surface area contributed by atoms with E-state index in [0.29, 0.717) is 11.3 Å². The molecule has 1 amide bonds. The third kappa shape index (κ3) is 4.36. The number of para-hydroxylation sites is 1. The molecular weight excluding hydrogens is 386 g/mol. The number of hydrogen-bond donors (Lipinski definition) is 1.